The lowest BCUT2D eigenvalue weighted by Gasteiger charge is -2.14. The Hall–Kier alpha value is -2.43. The Kier molecular flexibility index (Phi) is 4.52. The number of aryl methyl sites for hydroxylation is 1. The molecule has 0 fully saturated rings. The van der Waals surface area contributed by atoms with Crippen LogP contribution in [0.3, 0.4) is 0 Å². The summed E-state index contributed by atoms with van der Waals surface area (Å²) in [6, 6.07) is 5.99. The molecular formula is C16H18FN3O. The third-order valence-corrected chi connectivity index (χ3v) is 3.41. The van der Waals surface area contributed by atoms with Gasteiger partial charge in [-0.2, -0.15) is 5.10 Å². The maximum atomic E-state index is 12.8. The maximum Gasteiger partial charge on any atom is 0.246 e. The number of likely N-dealkylation sites (N-methyl/N-ethyl adjacent to an activating group) is 1. The highest BCUT2D eigenvalue weighted by Crippen LogP contribution is 2.09. The summed E-state index contributed by atoms with van der Waals surface area (Å²) in [6.45, 7) is 2.47. The minimum atomic E-state index is -0.289. The molecule has 0 spiro atoms. The molecule has 0 bridgehead atoms. The molecule has 1 amide bonds. The molecule has 0 aliphatic heterocycles. The van der Waals surface area contributed by atoms with E-state index < -0.39 is 0 Å². The molecule has 21 heavy (non-hydrogen) atoms. The van der Waals surface area contributed by atoms with E-state index in [1.165, 1.54) is 18.2 Å². The standard InChI is InChI=1S/C16H18FN3O/c1-12-14(10-18-20(12)3)11-19(2)16(21)9-6-13-4-7-15(17)8-5-13/h4-10H,11H2,1-3H3/b9-6+. The van der Waals surface area contributed by atoms with Crippen molar-refractivity contribution in [3.8, 4) is 0 Å². The number of hydrogen-bond donors (Lipinski definition) is 0. The van der Waals surface area contributed by atoms with Gasteiger partial charge in [0.25, 0.3) is 0 Å². The highest BCUT2D eigenvalue weighted by molar-refractivity contribution is 5.91. The summed E-state index contributed by atoms with van der Waals surface area (Å²) < 4.78 is 14.6. The van der Waals surface area contributed by atoms with Gasteiger partial charge in [0.1, 0.15) is 5.82 Å². The summed E-state index contributed by atoms with van der Waals surface area (Å²) in [5.74, 6) is -0.398. The van der Waals surface area contributed by atoms with Crippen LogP contribution in [-0.4, -0.2) is 27.6 Å². The second-order valence-electron chi connectivity index (χ2n) is 4.96. The molecule has 0 aliphatic carbocycles. The van der Waals surface area contributed by atoms with Gasteiger partial charge in [-0.3, -0.25) is 9.48 Å². The van der Waals surface area contributed by atoms with E-state index in [1.54, 1.807) is 41.0 Å². The first kappa shape index (κ1) is 15.0. The number of nitrogens with zero attached hydrogens (tertiary/aromatic N) is 3. The molecule has 0 atom stereocenters. The Bertz CT molecular complexity index is 659. The molecule has 0 aliphatic rings. The zero-order valence-electron chi connectivity index (χ0n) is 12.4. The molecule has 5 heteroatoms. The fourth-order valence-corrected chi connectivity index (χ4v) is 1.90. The van der Waals surface area contributed by atoms with E-state index in [-0.39, 0.29) is 11.7 Å². The van der Waals surface area contributed by atoms with Gasteiger partial charge in [-0.25, -0.2) is 4.39 Å². The summed E-state index contributed by atoms with van der Waals surface area (Å²) in [5.41, 5.74) is 2.84. The van der Waals surface area contributed by atoms with Gasteiger partial charge in [0.15, 0.2) is 0 Å². The van der Waals surface area contributed by atoms with Gasteiger partial charge in [-0.05, 0) is 30.7 Å². The fourth-order valence-electron chi connectivity index (χ4n) is 1.90. The highest BCUT2D eigenvalue weighted by Gasteiger charge is 2.10. The Balaban J connectivity index is 1.99. The Morgan fingerprint density at radius 2 is 2.05 bits per heavy atom. The second-order valence-corrected chi connectivity index (χ2v) is 4.96. The van der Waals surface area contributed by atoms with Crippen molar-refractivity contribution < 1.29 is 9.18 Å². The average molecular weight is 287 g/mol. The Labute approximate surface area is 123 Å². The van der Waals surface area contributed by atoms with Gasteiger partial charge in [0, 0.05) is 38.0 Å². The predicted octanol–water partition coefficient (Wildman–Crippen LogP) is 2.54. The van der Waals surface area contributed by atoms with Gasteiger partial charge in [0.2, 0.25) is 5.91 Å². The maximum absolute atomic E-state index is 12.8. The van der Waals surface area contributed by atoms with Crippen LogP contribution in [0.25, 0.3) is 6.08 Å². The van der Waals surface area contributed by atoms with E-state index in [9.17, 15) is 9.18 Å². The lowest BCUT2D eigenvalue weighted by atomic mass is 10.2. The quantitative estimate of drug-likeness (QED) is 0.811. The molecule has 110 valence electrons. The zero-order valence-corrected chi connectivity index (χ0v) is 12.4. The molecular weight excluding hydrogens is 269 g/mol. The summed E-state index contributed by atoms with van der Waals surface area (Å²) in [6.07, 6.45) is 4.93. The lowest BCUT2D eigenvalue weighted by Crippen LogP contribution is -2.24. The van der Waals surface area contributed by atoms with E-state index in [2.05, 4.69) is 5.10 Å². The van der Waals surface area contributed by atoms with Crippen LogP contribution in [0.15, 0.2) is 36.5 Å². The predicted molar refractivity (Wildman–Crippen MR) is 79.9 cm³/mol. The minimum absolute atomic E-state index is 0.109. The molecule has 4 nitrogen and oxygen atoms in total. The van der Waals surface area contributed by atoms with Crippen molar-refractivity contribution in [2.45, 2.75) is 13.5 Å². The number of carbonyl (C=O) groups is 1. The number of halogens is 1. The van der Waals surface area contributed by atoms with E-state index in [1.807, 2.05) is 14.0 Å². The number of aromatic nitrogens is 2. The average Bonchev–Trinajstić information content (AvgIpc) is 2.78. The Morgan fingerprint density at radius 1 is 1.38 bits per heavy atom. The number of hydrogen-bond acceptors (Lipinski definition) is 2. The number of rotatable bonds is 4. The normalized spacial score (nSPS) is 11.0. The third kappa shape index (κ3) is 3.78. The number of carbonyl (C=O) groups excluding carboxylic acids is 1. The first-order chi connectivity index (χ1) is 9.97. The van der Waals surface area contributed by atoms with Crippen LogP contribution in [0.4, 0.5) is 4.39 Å². The number of benzene rings is 1. The molecule has 0 saturated heterocycles. The van der Waals surface area contributed by atoms with E-state index in [0.717, 1.165) is 16.8 Å². The molecule has 0 radical (unpaired) electrons. The van der Waals surface area contributed by atoms with Gasteiger partial charge in [-0.15, -0.1) is 0 Å². The highest BCUT2D eigenvalue weighted by atomic mass is 19.1. The summed E-state index contributed by atoms with van der Waals surface area (Å²) >= 11 is 0. The number of amides is 1. The molecule has 2 rings (SSSR count). The van der Waals surface area contributed by atoms with Crippen LogP contribution in [0.1, 0.15) is 16.8 Å². The SMILES string of the molecule is Cc1c(CN(C)C(=O)/C=C/c2ccc(F)cc2)cnn1C. The van der Waals surface area contributed by atoms with Crippen LogP contribution < -0.4 is 0 Å². The molecule has 2 aromatic rings. The van der Waals surface area contributed by atoms with Gasteiger partial charge < -0.3 is 4.90 Å². The minimum Gasteiger partial charge on any atom is -0.338 e. The topological polar surface area (TPSA) is 38.1 Å². The van der Waals surface area contributed by atoms with Crippen LogP contribution in [0.5, 0.6) is 0 Å². The molecule has 1 aromatic heterocycles. The lowest BCUT2D eigenvalue weighted by molar-refractivity contribution is -0.125. The van der Waals surface area contributed by atoms with Crippen molar-refractivity contribution in [2.24, 2.45) is 7.05 Å². The molecule has 0 saturated carbocycles. The van der Waals surface area contributed by atoms with Gasteiger partial charge in [-0.1, -0.05) is 12.1 Å². The first-order valence-electron chi connectivity index (χ1n) is 6.63. The van der Waals surface area contributed by atoms with Crippen molar-refractivity contribution in [3.63, 3.8) is 0 Å². The monoisotopic (exact) mass is 287 g/mol. The zero-order chi connectivity index (χ0) is 15.4. The summed E-state index contributed by atoms with van der Waals surface area (Å²) in [4.78, 5) is 13.7. The second kappa shape index (κ2) is 6.35. The van der Waals surface area contributed by atoms with E-state index in [0.29, 0.717) is 6.54 Å². The summed E-state index contributed by atoms with van der Waals surface area (Å²) in [5, 5.41) is 4.16. The largest absolute Gasteiger partial charge is 0.338 e. The van der Waals surface area contributed by atoms with Crippen LogP contribution in [0, 0.1) is 12.7 Å². The smallest absolute Gasteiger partial charge is 0.246 e. The van der Waals surface area contributed by atoms with E-state index in [4.69, 9.17) is 0 Å². The van der Waals surface area contributed by atoms with Crippen molar-refractivity contribution in [3.05, 3.63) is 59.2 Å². The molecule has 0 N–H and O–H groups in total. The van der Waals surface area contributed by atoms with Crippen molar-refractivity contribution in [1.29, 1.82) is 0 Å². The summed E-state index contributed by atoms with van der Waals surface area (Å²) in [7, 11) is 3.61. The van der Waals surface area contributed by atoms with Gasteiger partial charge in [0.05, 0.1) is 6.20 Å². The molecule has 0 unspecified atom stereocenters. The van der Waals surface area contributed by atoms with Gasteiger partial charge >= 0.3 is 0 Å². The fraction of sp³-hybridized carbons (Fsp3) is 0.250. The Morgan fingerprint density at radius 3 is 2.62 bits per heavy atom. The van der Waals surface area contributed by atoms with Crippen molar-refractivity contribution in [2.75, 3.05) is 7.05 Å². The van der Waals surface area contributed by atoms with Crippen molar-refractivity contribution in [1.82, 2.24) is 14.7 Å². The third-order valence-electron chi connectivity index (χ3n) is 3.41. The van der Waals surface area contributed by atoms with Crippen LogP contribution >= 0.6 is 0 Å². The molecule has 1 heterocycles. The first-order valence-corrected chi connectivity index (χ1v) is 6.63. The van der Waals surface area contributed by atoms with Crippen molar-refractivity contribution >= 4 is 12.0 Å². The molecule has 1 aromatic carbocycles. The van der Waals surface area contributed by atoms with Crippen LogP contribution in [-0.2, 0) is 18.4 Å². The van der Waals surface area contributed by atoms with E-state index >= 15 is 0 Å². The van der Waals surface area contributed by atoms with Crippen LogP contribution in [0.2, 0.25) is 0 Å².